The van der Waals surface area contributed by atoms with Crippen molar-refractivity contribution in [1.29, 1.82) is 0 Å². The molecule has 12 heteroatoms. The van der Waals surface area contributed by atoms with Crippen molar-refractivity contribution in [3.05, 3.63) is 33.6 Å². The molecule has 0 atom stereocenters. The van der Waals surface area contributed by atoms with E-state index in [1.165, 1.54) is 31.7 Å². The number of carbonyl (C=O) groups excluding carboxylic acids is 1. The van der Waals surface area contributed by atoms with Crippen molar-refractivity contribution in [2.24, 2.45) is 0 Å². The summed E-state index contributed by atoms with van der Waals surface area (Å²) in [6.07, 6.45) is 1.32. The van der Waals surface area contributed by atoms with Gasteiger partial charge in [0.05, 0.1) is 0 Å². The molecule has 4 rings (SSSR count). The van der Waals surface area contributed by atoms with Gasteiger partial charge in [0, 0.05) is 44.7 Å². The van der Waals surface area contributed by atoms with Crippen molar-refractivity contribution in [2.45, 2.75) is 30.4 Å². The number of nitrogens with zero attached hydrogens (tertiary/aromatic N) is 5. The minimum Gasteiger partial charge on any atom is -0.360 e. The van der Waals surface area contributed by atoms with E-state index in [1.54, 1.807) is 13.8 Å². The minimum atomic E-state index is -3.75. The molecule has 150 valence electrons. The highest BCUT2D eigenvalue weighted by atomic mass is 32.2. The molecule has 2 aromatic heterocycles. The molecule has 0 aliphatic carbocycles. The second kappa shape index (κ2) is 7.01. The quantitative estimate of drug-likeness (QED) is 0.636. The molecule has 0 saturated carbocycles. The van der Waals surface area contributed by atoms with Gasteiger partial charge in [-0.2, -0.15) is 4.31 Å². The lowest BCUT2D eigenvalue weighted by molar-refractivity contribution is 0.0694. The highest BCUT2D eigenvalue weighted by Gasteiger charge is 2.35. The number of hydrogen-bond donors (Lipinski definition) is 0. The Morgan fingerprint density at radius 2 is 1.89 bits per heavy atom. The van der Waals surface area contributed by atoms with Gasteiger partial charge in [-0.1, -0.05) is 16.9 Å². The molecule has 0 radical (unpaired) electrons. The van der Waals surface area contributed by atoms with Crippen LogP contribution in [-0.4, -0.2) is 70.2 Å². The van der Waals surface area contributed by atoms with Crippen LogP contribution in [0.3, 0.4) is 0 Å². The lowest BCUT2D eigenvalue weighted by Crippen LogP contribution is -2.51. The standard InChI is InChI=1S/C16H19N5O5S2/c1-10-13(11(2)26-18-10)28(24,25)20-5-3-19(4-6-20)14(22)12-9-17-16-21(15(12)23)7-8-27-16/h9H,3-8H2,1-2H3. The molecule has 4 heterocycles. The third-order valence-electron chi connectivity index (χ3n) is 4.88. The maximum atomic E-state index is 12.9. The predicted octanol–water partition coefficient (Wildman–Crippen LogP) is 0.101. The van der Waals surface area contributed by atoms with Crippen LogP contribution in [0.4, 0.5) is 0 Å². The molecule has 0 bridgehead atoms. The Bertz CT molecular complexity index is 1080. The molecule has 0 aromatic carbocycles. The third kappa shape index (κ3) is 3.05. The lowest BCUT2D eigenvalue weighted by Gasteiger charge is -2.33. The minimum absolute atomic E-state index is 0.0216. The average molecular weight is 425 g/mol. The van der Waals surface area contributed by atoms with Gasteiger partial charge in [0.25, 0.3) is 11.5 Å². The van der Waals surface area contributed by atoms with E-state index in [9.17, 15) is 18.0 Å². The second-order valence-corrected chi connectivity index (χ2v) is 9.55. The molecule has 0 unspecified atom stereocenters. The zero-order chi connectivity index (χ0) is 20.1. The number of rotatable bonds is 3. The Morgan fingerprint density at radius 3 is 2.54 bits per heavy atom. The van der Waals surface area contributed by atoms with Crippen LogP contribution in [0.25, 0.3) is 0 Å². The van der Waals surface area contributed by atoms with Gasteiger partial charge >= 0.3 is 0 Å². The molecule has 10 nitrogen and oxygen atoms in total. The van der Waals surface area contributed by atoms with Crippen LogP contribution in [0.2, 0.25) is 0 Å². The van der Waals surface area contributed by atoms with Gasteiger partial charge in [-0.3, -0.25) is 14.2 Å². The molecular weight excluding hydrogens is 406 g/mol. The molecule has 1 fully saturated rings. The van der Waals surface area contributed by atoms with Crippen LogP contribution < -0.4 is 5.56 Å². The molecule has 28 heavy (non-hydrogen) atoms. The summed E-state index contributed by atoms with van der Waals surface area (Å²) in [5.74, 6) is 0.586. The third-order valence-corrected chi connectivity index (χ3v) is 7.99. The monoisotopic (exact) mass is 425 g/mol. The number of carbonyl (C=O) groups is 1. The number of aryl methyl sites for hydroxylation is 2. The summed E-state index contributed by atoms with van der Waals surface area (Å²) >= 11 is 1.48. The van der Waals surface area contributed by atoms with Gasteiger partial charge in [0.15, 0.2) is 10.9 Å². The first-order valence-corrected chi connectivity index (χ1v) is 11.2. The molecule has 0 spiro atoms. The van der Waals surface area contributed by atoms with E-state index in [0.717, 1.165) is 5.75 Å². The topological polar surface area (TPSA) is 119 Å². The Balaban J connectivity index is 1.50. The van der Waals surface area contributed by atoms with Crippen LogP contribution in [0, 0.1) is 13.8 Å². The van der Waals surface area contributed by atoms with E-state index in [-0.39, 0.29) is 48.0 Å². The summed E-state index contributed by atoms with van der Waals surface area (Å²) in [4.78, 5) is 31.1. The van der Waals surface area contributed by atoms with Gasteiger partial charge in [0.2, 0.25) is 10.0 Å². The lowest BCUT2D eigenvalue weighted by atomic mass is 10.2. The highest BCUT2D eigenvalue weighted by Crippen LogP contribution is 2.25. The summed E-state index contributed by atoms with van der Waals surface area (Å²) in [6.45, 7) is 4.32. The van der Waals surface area contributed by atoms with E-state index in [4.69, 9.17) is 4.52 Å². The Kier molecular flexibility index (Phi) is 4.79. The molecule has 1 amide bonds. The Morgan fingerprint density at radius 1 is 1.18 bits per heavy atom. The smallest absolute Gasteiger partial charge is 0.267 e. The van der Waals surface area contributed by atoms with E-state index < -0.39 is 15.9 Å². The van der Waals surface area contributed by atoms with Crippen LogP contribution in [-0.2, 0) is 16.6 Å². The van der Waals surface area contributed by atoms with Crippen LogP contribution in [0.5, 0.6) is 0 Å². The normalized spacial score (nSPS) is 17.7. The molecule has 2 aliphatic heterocycles. The first-order valence-electron chi connectivity index (χ1n) is 8.75. The summed E-state index contributed by atoms with van der Waals surface area (Å²) < 4.78 is 33.5. The number of amides is 1. The zero-order valence-electron chi connectivity index (χ0n) is 15.4. The number of fused-ring (bicyclic) bond motifs is 1. The van der Waals surface area contributed by atoms with Crippen molar-refractivity contribution in [3.8, 4) is 0 Å². The molecular formula is C16H19N5O5S2. The van der Waals surface area contributed by atoms with Gasteiger partial charge in [-0.05, 0) is 13.8 Å². The first-order chi connectivity index (χ1) is 13.3. The number of hydrogen-bond acceptors (Lipinski definition) is 8. The number of sulfonamides is 1. The van der Waals surface area contributed by atoms with E-state index in [2.05, 4.69) is 10.1 Å². The molecule has 2 aromatic rings. The van der Waals surface area contributed by atoms with Gasteiger partial charge in [0.1, 0.15) is 16.2 Å². The molecule has 2 aliphatic rings. The summed E-state index contributed by atoms with van der Waals surface area (Å²) in [5.41, 5.74) is -0.00911. The summed E-state index contributed by atoms with van der Waals surface area (Å²) in [7, 11) is -3.75. The maximum Gasteiger partial charge on any atom is 0.267 e. The fraction of sp³-hybridized carbons (Fsp3) is 0.500. The zero-order valence-corrected chi connectivity index (χ0v) is 17.0. The first kappa shape index (κ1) is 19.2. The van der Waals surface area contributed by atoms with Gasteiger partial charge in [-0.15, -0.1) is 0 Å². The van der Waals surface area contributed by atoms with Gasteiger partial charge in [-0.25, -0.2) is 13.4 Å². The number of thioether (sulfide) groups is 1. The van der Waals surface area contributed by atoms with E-state index in [0.29, 0.717) is 17.4 Å². The SMILES string of the molecule is Cc1noc(C)c1S(=O)(=O)N1CCN(C(=O)c2cnc3n(c2=O)CCS3)CC1. The van der Waals surface area contributed by atoms with Gasteiger partial charge < -0.3 is 9.42 Å². The second-order valence-electron chi connectivity index (χ2n) is 6.61. The number of piperazine rings is 1. The Labute approximate surface area is 165 Å². The van der Waals surface area contributed by atoms with Crippen LogP contribution >= 0.6 is 11.8 Å². The van der Waals surface area contributed by atoms with Crippen molar-refractivity contribution in [2.75, 3.05) is 31.9 Å². The Hall–Kier alpha value is -2.18. The van der Waals surface area contributed by atoms with E-state index in [1.807, 2.05) is 0 Å². The highest BCUT2D eigenvalue weighted by molar-refractivity contribution is 7.99. The molecule has 1 saturated heterocycles. The van der Waals surface area contributed by atoms with Crippen molar-refractivity contribution < 1.29 is 17.7 Å². The van der Waals surface area contributed by atoms with Crippen LogP contribution in [0.15, 0.2) is 25.6 Å². The largest absolute Gasteiger partial charge is 0.360 e. The van der Waals surface area contributed by atoms with Crippen molar-refractivity contribution in [1.82, 2.24) is 23.9 Å². The summed E-state index contributed by atoms with van der Waals surface area (Å²) in [6, 6.07) is 0. The maximum absolute atomic E-state index is 12.9. The number of aromatic nitrogens is 3. The molecule has 0 N–H and O–H groups in total. The average Bonchev–Trinajstić information content (AvgIpc) is 3.28. The van der Waals surface area contributed by atoms with Crippen molar-refractivity contribution >= 4 is 27.7 Å². The fourth-order valence-electron chi connectivity index (χ4n) is 3.44. The van der Waals surface area contributed by atoms with E-state index >= 15 is 0 Å². The fourth-order valence-corrected chi connectivity index (χ4v) is 6.07. The summed E-state index contributed by atoms with van der Waals surface area (Å²) in [5, 5.41) is 4.33. The van der Waals surface area contributed by atoms with Crippen molar-refractivity contribution in [3.63, 3.8) is 0 Å². The van der Waals surface area contributed by atoms with Crippen LogP contribution in [0.1, 0.15) is 21.8 Å². The predicted molar refractivity (Wildman–Crippen MR) is 99.9 cm³/mol.